The van der Waals surface area contributed by atoms with Crippen LogP contribution in [0.2, 0.25) is 0 Å². The normalized spacial score (nSPS) is 20.6. The molecule has 8 heteroatoms. The number of likely N-dealkylation sites (N-methyl/N-ethyl adjacent to an activating group) is 1. The standard InChI is InChI=1S/C35H38N2O5S/c1-3-22-37(2)24-32-33(28-10-6-4-7-11-28)34(29-18-16-27(25-38)17-19-29)42-35(41-32)30-20-14-26(15-21-30)23-36-43(39,40)31-12-8-5-9-13-31/h3-21,32-36,38H,1,22-25H2,2H3. The summed E-state index contributed by atoms with van der Waals surface area (Å²) in [6, 6.07) is 34.1. The molecule has 0 spiro atoms. The number of nitrogens with one attached hydrogen (secondary N) is 1. The summed E-state index contributed by atoms with van der Waals surface area (Å²) in [6.07, 6.45) is 0.725. The number of sulfonamides is 1. The van der Waals surface area contributed by atoms with E-state index in [1.54, 1.807) is 30.3 Å². The van der Waals surface area contributed by atoms with Crippen LogP contribution in [-0.4, -0.2) is 44.7 Å². The van der Waals surface area contributed by atoms with Crippen LogP contribution in [0.1, 0.15) is 46.1 Å². The van der Waals surface area contributed by atoms with Gasteiger partial charge in [-0.05, 0) is 41.4 Å². The Morgan fingerprint density at radius 1 is 0.814 bits per heavy atom. The average Bonchev–Trinajstić information content (AvgIpc) is 3.05. The quantitative estimate of drug-likeness (QED) is 0.203. The Kier molecular flexibility index (Phi) is 10.2. The largest absolute Gasteiger partial charge is 0.392 e. The molecule has 4 aromatic carbocycles. The van der Waals surface area contributed by atoms with Crippen molar-refractivity contribution in [2.45, 2.75) is 42.5 Å². The highest BCUT2D eigenvalue weighted by molar-refractivity contribution is 7.89. The topological polar surface area (TPSA) is 88.1 Å². The van der Waals surface area contributed by atoms with Crippen molar-refractivity contribution in [3.8, 4) is 0 Å². The van der Waals surface area contributed by atoms with Gasteiger partial charge < -0.3 is 19.5 Å². The van der Waals surface area contributed by atoms with Gasteiger partial charge in [0.05, 0.1) is 23.7 Å². The van der Waals surface area contributed by atoms with E-state index < -0.39 is 16.3 Å². The predicted molar refractivity (Wildman–Crippen MR) is 168 cm³/mol. The van der Waals surface area contributed by atoms with Crippen molar-refractivity contribution in [1.82, 2.24) is 9.62 Å². The van der Waals surface area contributed by atoms with E-state index in [2.05, 4.69) is 28.3 Å². The first-order valence-electron chi connectivity index (χ1n) is 14.4. The Bertz CT molecular complexity index is 1560. The summed E-state index contributed by atoms with van der Waals surface area (Å²) in [5, 5.41) is 9.61. The summed E-state index contributed by atoms with van der Waals surface area (Å²) in [5.74, 6) is -0.0867. The van der Waals surface area contributed by atoms with Crippen molar-refractivity contribution in [3.05, 3.63) is 150 Å². The third kappa shape index (κ3) is 7.67. The molecule has 0 aromatic heterocycles. The lowest BCUT2D eigenvalue weighted by Gasteiger charge is -2.44. The fraction of sp³-hybridized carbons (Fsp3) is 0.257. The van der Waals surface area contributed by atoms with E-state index in [0.717, 1.165) is 34.4 Å². The molecule has 1 aliphatic rings. The summed E-state index contributed by atoms with van der Waals surface area (Å²) >= 11 is 0. The van der Waals surface area contributed by atoms with Gasteiger partial charge in [0.2, 0.25) is 10.0 Å². The Morgan fingerprint density at radius 2 is 1.42 bits per heavy atom. The van der Waals surface area contributed by atoms with E-state index in [1.807, 2.05) is 79.9 Å². The number of rotatable bonds is 12. The number of hydrogen-bond acceptors (Lipinski definition) is 6. The van der Waals surface area contributed by atoms with E-state index in [-0.39, 0.29) is 36.2 Å². The van der Waals surface area contributed by atoms with Gasteiger partial charge in [0, 0.05) is 31.1 Å². The maximum absolute atomic E-state index is 12.7. The van der Waals surface area contributed by atoms with Crippen molar-refractivity contribution in [2.75, 3.05) is 20.1 Å². The van der Waals surface area contributed by atoms with Gasteiger partial charge in [-0.1, -0.05) is 103 Å². The van der Waals surface area contributed by atoms with Crippen molar-refractivity contribution in [3.63, 3.8) is 0 Å². The molecule has 5 rings (SSSR count). The Balaban J connectivity index is 1.42. The second-order valence-corrected chi connectivity index (χ2v) is 12.6. The first-order chi connectivity index (χ1) is 20.9. The molecule has 224 valence electrons. The van der Waals surface area contributed by atoms with Gasteiger partial charge >= 0.3 is 0 Å². The molecule has 4 unspecified atom stereocenters. The maximum Gasteiger partial charge on any atom is 0.240 e. The fourth-order valence-corrected chi connectivity index (χ4v) is 6.46. The zero-order chi connectivity index (χ0) is 30.2. The molecular weight excluding hydrogens is 560 g/mol. The number of aliphatic hydroxyl groups is 1. The van der Waals surface area contributed by atoms with Crippen LogP contribution in [0.5, 0.6) is 0 Å². The summed E-state index contributed by atoms with van der Waals surface area (Å²) in [4.78, 5) is 2.42. The third-order valence-electron chi connectivity index (χ3n) is 7.67. The molecule has 0 bridgehead atoms. The molecule has 1 aliphatic heterocycles. The molecule has 4 aromatic rings. The van der Waals surface area contributed by atoms with E-state index in [9.17, 15) is 13.5 Å². The predicted octanol–water partition coefficient (Wildman–Crippen LogP) is 5.71. The van der Waals surface area contributed by atoms with E-state index in [4.69, 9.17) is 9.47 Å². The summed E-state index contributed by atoms with van der Waals surface area (Å²) < 4.78 is 41.5. The molecule has 1 saturated heterocycles. The molecular formula is C35H38N2O5S. The van der Waals surface area contributed by atoms with Crippen LogP contribution in [0.15, 0.2) is 127 Å². The molecule has 0 radical (unpaired) electrons. The number of ether oxygens (including phenoxy) is 2. The van der Waals surface area contributed by atoms with Gasteiger partial charge in [-0.15, -0.1) is 6.58 Å². The second kappa shape index (κ2) is 14.2. The molecule has 0 amide bonds. The average molecular weight is 599 g/mol. The maximum atomic E-state index is 12.7. The molecule has 0 aliphatic carbocycles. The Hall–Kier alpha value is -3.63. The Labute approximate surface area is 254 Å². The lowest BCUT2D eigenvalue weighted by Crippen LogP contribution is -2.43. The second-order valence-electron chi connectivity index (χ2n) is 10.8. The van der Waals surface area contributed by atoms with Crippen molar-refractivity contribution >= 4 is 10.0 Å². The van der Waals surface area contributed by atoms with Crippen molar-refractivity contribution < 1.29 is 23.0 Å². The van der Waals surface area contributed by atoms with Gasteiger partial charge in [-0.25, -0.2) is 13.1 Å². The number of aliphatic hydroxyl groups excluding tert-OH is 1. The lowest BCUT2D eigenvalue weighted by atomic mass is 9.83. The van der Waals surface area contributed by atoms with Gasteiger partial charge in [0.15, 0.2) is 6.29 Å². The molecule has 0 saturated carbocycles. The first kappa shape index (κ1) is 30.8. The Morgan fingerprint density at radius 3 is 2.05 bits per heavy atom. The number of nitrogens with zero attached hydrogens (tertiary/aromatic N) is 1. The molecule has 2 N–H and O–H groups in total. The SMILES string of the molecule is C=CCN(C)CC1OC(c2ccc(CNS(=O)(=O)c3ccccc3)cc2)OC(c2ccc(CO)cc2)C1c1ccccc1. The van der Waals surface area contributed by atoms with Crippen LogP contribution in [0.4, 0.5) is 0 Å². The van der Waals surface area contributed by atoms with Crippen LogP contribution in [0, 0.1) is 0 Å². The summed E-state index contributed by atoms with van der Waals surface area (Å²) in [6.45, 7) is 5.42. The minimum Gasteiger partial charge on any atom is -0.392 e. The molecule has 43 heavy (non-hydrogen) atoms. The summed E-state index contributed by atoms with van der Waals surface area (Å²) in [5.41, 5.74) is 4.62. The highest BCUT2D eigenvalue weighted by atomic mass is 32.2. The number of benzene rings is 4. The highest BCUT2D eigenvalue weighted by Gasteiger charge is 2.42. The van der Waals surface area contributed by atoms with Crippen LogP contribution in [0.3, 0.4) is 0 Å². The van der Waals surface area contributed by atoms with Gasteiger partial charge in [0.1, 0.15) is 0 Å². The fourth-order valence-electron chi connectivity index (χ4n) is 5.42. The zero-order valence-corrected chi connectivity index (χ0v) is 25.1. The minimum absolute atomic E-state index is 0.0253. The van der Waals surface area contributed by atoms with Gasteiger partial charge in [-0.3, -0.25) is 0 Å². The lowest BCUT2D eigenvalue weighted by molar-refractivity contribution is -0.263. The van der Waals surface area contributed by atoms with Gasteiger partial charge in [-0.2, -0.15) is 0 Å². The van der Waals surface area contributed by atoms with E-state index in [1.165, 1.54) is 0 Å². The first-order valence-corrected chi connectivity index (χ1v) is 15.8. The minimum atomic E-state index is -3.61. The van der Waals surface area contributed by atoms with Crippen LogP contribution >= 0.6 is 0 Å². The third-order valence-corrected chi connectivity index (χ3v) is 9.09. The molecule has 4 atom stereocenters. The monoisotopic (exact) mass is 598 g/mol. The smallest absolute Gasteiger partial charge is 0.240 e. The van der Waals surface area contributed by atoms with Crippen LogP contribution < -0.4 is 4.72 Å². The summed E-state index contributed by atoms with van der Waals surface area (Å²) in [7, 11) is -1.57. The number of hydrogen-bond donors (Lipinski definition) is 2. The van der Waals surface area contributed by atoms with Crippen LogP contribution in [-0.2, 0) is 32.6 Å². The molecule has 7 nitrogen and oxygen atoms in total. The molecule has 1 heterocycles. The van der Waals surface area contributed by atoms with Gasteiger partial charge in [0.25, 0.3) is 0 Å². The van der Waals surface area contributed by atoms with Crippen molar-refractivity contribution in [1.29, 1.82) is 0 Å². The highest BCUT2D eigenvalue weighted by Crippen LogP contribution is 2.47. The van der Waals surface area contributed by atoms with E-state index in [0.29, 0.717) is 6.54 Å². The van der Waals surface area contributed by atoms with Crippen molar-refractivity contribution in [2.24, 2.45) is 0 Å². The van der Waals surface area contributed by atoms with Crippen LogP contribution in [0.25, 0.3) is 0 Å². The zero-order valence-electron chi connectivity index (χ0n) is 24.3. The van der Waals surface area contributed by atoms with E-state index >= 15 is 0 Å². The molecule has 1 fully saturated rings.